The number of fused-ring (bicyclic) bond motifs is 3. The molecule has 1 aromatic heterocycles. The molecule has 2 heterocycles. The Hall–Kier alpha value is -2.32. The molecule has 1 aliphatic carbocycles. The Balaban J connectivity index is 0.00000272. The van der Waals surface area contributed by atoms with Crippen molar-refractivity contribution in [3.8, 4) is 23.3 Å². The van der Waals surface area contributed by atoms with Crippen molar-refractivity contribution in [2.24, 2.45) is 4.99 Å². The van der Waals surface area contributed by atoms with E-state index in [0.717, 1.165) is 35.2 Å². The molecule has 0 spiro atoms. The number of methoxy groups -OCH3 is 3. The number of ether oxygens (including phenoxy) is 4. The molecular weight excluding hydrogens is 464 g/mol. The summed E-state index contributed by atoms with van der Waals surface area (Å²) >= 11 is 0. The molecule has 31 heavy (non-hydrogen) atoms. The molecule has 0 saturated heterocycles. The van der Waals surface area contributed by atoms with E-state index in [1.807, 2.05) is 31.2 Å². The lowest BCUT2D eigenvalue weighted by atomic mass is 9.74. The van der Waals surface area contributed by atoms with E-state index in [1.165, 1.54) is 0 Å². The van der Waals surface area contributed by atoms with Crippen LogP contribution in [0.15, 0.2) is 29.3 Å². The van der Waals surface area contributed by atoms with Gasteiger partial charge in [-0.3, -0.25) is 4.99 Å². The van der Waals surface area contributed by atoms with Crippen molar-refractivity contribution in [2.75, 3.05) is 27.9 Å². The minimum atomic E-state index is -0.314. The first-order chi connectivity index (χ1) is 14.6. The number of benzene rings is 1. The molecule has 1 saturated carbocycles. The van der Waals surface area contributed by atoms with Gasteiger partial charge in [0.25, 0.3) is 0 Å². The third kappa shape index (κ3) is 4.36. The average molecular weight is 493 g/mol. The normalized spacial score (nSPS) is 21.7. The first-order valence-electron chi connectivity index (χ1n) is 10.3. The number of hydrogen-bond donors (Lipinski definition) is 1. The zero-order valence-electron chi connectivity index (χ0n) is 18.3. The zero-order valence-corrected chi connectivity index (χ0v) is 20.0. The van der Waals surface area contributed by atoms with Crippen LogP contribution in [0.5, 0.6) is 23.3 Å². The number of pyridine rings is 1. The highest BCUT2D eigenvalue weighted by atomic mass is 79.9. The van der Waals surface area contributed by atoms with Gasteiger partial charge < -0.3 is 24.1 Å². The van der Waals surface area contributed by atoms with Gasteiger partial charge in [0.15, 0.2) is 11.5 Å². The lowest BCUT2D eigenvalue weighted by Gasteiger charge is -2.37. The number of aliphatic hydroxyl groups excluding tert-OH is 1. The van der Waals surface area contributed by atoms with Crippen molar-refractivity contribution in [3.63, 3.8) is 0 Å². The largest absolute Gasteiger partial charge is 0.493 e. The van der Waals surface area contributed by atoms with Crippen molar-refractivity contribution < 1.29 is 24.1 Å². The monoisotopic (exact) mass is 492 g/mol. The fourth-order valence-electron chi connectivity index (χ4n) is 4.46. The fraction of sp³-hybridized carbons (Fsp3) is 0.478. The maximum Gasteiger partial charge on any atom is 0.226 e. The first kappa shape index (κ1) is 23.3. The highest BCUT2D eigenvalue weighted by molar-refractivity contribution is 8.93. The van der Waals surface area contributed by atoms with E-state index in [-0.39, 0.29) is 35.0 Å². The van der Waals surface area contributed by atoms with E-state index in [0.29, 0.717) is 36.3 Å². The first-order valence-corrected chi connectivity index (χ1v) is 10.3. The Morgan fingerprint density at radius 1 is 1.00 bits per heavy atom. The highest BCUT2D eigenvalue weighted by Crippen LogP contribution is 2.45. The average Bonchev–Trinajstić information content (AvgIpc) is 2.78. The molecular formula is C23H29BrN2O5. The van der Waals surface area contributed by atoms with Gasteiger partial charge in [-0.2, -0.15) is 4.98 Å². The molecule has 1 fully saturated rings. The Morgan fingerprint density at radius 2 is 1.81 bits per heavy atom. The van der Waals surface area contributed by atoms with Crippen molar-refractivity contribution in [3.05, 3.63) is 41.0 Å². The molecule has 1 aromatic carbocycles. The number of rotatable bonds is 6. The van der Waals surface area contributed by atoms with Gasteiger partial charge in [0, 0.05) is 17.5 Å². The van der Waals surface area contributed by atoms with Gasteiger partial charge in [-0.05, 0) is 49.9 Å². The van der Waals surface area contributed by atoms with Crippen molar-refractivity contribution >= 4 is 22.7 Å². The summed E-state index contributed by atoms with van der Waals surface area (Å²) in [6, 6.07) is 7.84. The summed E-state index contributed by atoms with van der Waals surface area (Å²) in [5, 5.41) is 10.3. The van der Waals surface area contributed by atoms with Gasteiger partial charge in [0.05, 0.1) is 51.4 Å². The Bertz CT molecular complexity index is 965. The topological polar surface area (TPSA) is 82.4 Å². The molecule has 2 aromatic rings. The summed E-state index contributed by atoms with van der Waals surface area (Å²) in [5.74, 6) is 2.43. The van der Waals surface area contributed by atoms with E-state index in [2.05, 4.69) is 4.98 Å². The zero-order chi connectivity index (χ0) is 21.3. The predicted molar refractivity (Wildman–Crippen MR) is 124 cm³/mol. The number of halogens is 1. The van der Waals surface area contributed by atoms with E-state index < -0.39 is 0 Å². The third-order valence-electron chi connectivity index (χ3n) is 5.86. The molecule has 8 heteroatoms. The second kappa shape index (κ2) is 9.87. The van der Waals surface area contributed by atoms with Crippen LogP contribution in [0, 0.1) is 0 Å². The minimum Gasteiger partial charge on any atom is -0.493 e. The van der Waals surface area contributed by atoms with Crippen LogP contribution in [-0.2, 0) is 0 Å². The van der Waals surface area contributed by atoms with Gasteiger partial charge in [-0.1, -0.05) is 0 Å². The van der Waals surface area contributed by atoms with Crippen LogP contribution in [-0.4, -0.2) is 55.9 Å². The molecule has 4 rings (SSSR count). The second-order valence-electron chi connectivity index (χ2n) is 7.55. The lowest BCUT2D eigenvalue weighted by Crippen LogP contribution is -2.34. The van der Waals surface area contributed by atoms with Crippen LogP contribution < -0.4 is 18.9 Å². The van der Waals surface area contributed by atoms with E-state index in [4.69, 9.17) is 23.9 Å². The molecule has 168 valence electrons. The highest BCUT2D eigenvalue weighted by Gasteiger charge is 2.38. The van der Waals surface area contributed by atoms with Crippen LogP contribution in [0.2, 0.25) is 0 Å². The summed E-state index contributed by atoms with van der Waals surface area (Å²) < 4.78 is 22.2. The lowest BCUT2D eigenvalue weighted by molar-refractivity contribution is 0.111. The summed E-state index contributed by atoms with van der Waals surface area (Å²) in [6.45, 7) is 2.50. The van der Waals surface area contributed by atoms with Crippen LogP contribution in [0.3, 0.4) is 0 Å². The number of nitrogens with zero attached hydrogens (tertiary/aromatic N) is 2. The summed E-state index contributed by atoms with van der Waals surface area (Å²) in [4.78, 5) is 9.56. The Kier molecular flexibility index (Phi) is 7.43. The van der Waals surface area contributed by atoms with Crippen molar-refractivity contribution in [1.29, 1.82) is 0 Å². The Labute approximate surface area is 193 Å². The van der Waals surface area contributed by atoms with Crippen molar-refractivity contribution in [2.45, 2.75) is 44.2 Å². The van der Waals surface area contributed by atoms with Crippen molar-refractivity contribution in [1.82, 2.24) is 4.98 Å². The van der Waals surface area contributed by atoms with Crippen LogP contribution >= 0.6 is 17.0 Å². The number of aliphatic hydroxyl groups is 1. The minimum absolute atomic E-state index is 0. The molecule has 1 aliphatic heterocycles. The van der Waals surface area contributed by atoms with Gasteiger partial charge in [0.1, 0.15) is 0 Å². The molecule has 1 N–H and O–H groups in total. The standard InChI is InChI=1S/C23H28N2O5.BrH/c1-5-30-20-11-15-16-10-13(26)6-8-18(16)24-22(17(15)12-19(20)27-2)14-7-9-21(28-3)25-23(14)29-4;/h7,9,11-13,16,18,26H,5-6,8,10H2,1-4H3;1H/t13-,16-,18-;/m1./s1. The molecule has 0 bridgehead atoms. The summed E-state index contributed by atoms with van der Waals surface area (Å²) in [7, 11) is 4.80. The quantitative estimate of drug-likeness (QED) is 0.657. The van der Waals surface area contributed by atoms with E-state index in [9.17, 15) is 5.11 Å². The summed E-state index contributed by atoms with van der Waals surface area (Å²) in [6.07, 6.45) is 1.95. The van der Waals surface area contributed by atoms with Gasteiger partial charge in [-0.25, -0.2) is 0 Å². The molecule has 0 radical (unpaired) electrons. The maximum absolute atomic E-state index is 10.3. The van der Waals surface area contributed by atoms with Gasteiger partial charge in [0.2, 0.25) is 11.8 Å². The summed E-state index contributed by atoms with van der Waals surface area (Å²) in [5.41, 5.74) is 3.69. The maximum atomic E-state index is 10.3. The fourth-order valence-corrected chi connectivity index (χ4v) is 4.46. The third-order valence-corrected chi connectivity index (χ3v) is 5.86. The van der Waals surface area contributed by atoms with E-state index >= 15 is 0 Å². The number of aliphatic imine (C=N–C) groups is 1. The van der Waals surface area contributed by atoms with E-state index in [1.54, 1.807) is 21.3 Å². The molecule has 2 aliphatic rings. The smallest absolute Gasteiger partial charge is 0.226 e. The molecule has 0 amide bonds. The van der Waals surface area contributed by atoms with Crippen LogP contribution in [0.1, 0.15) is 48.8 Å². The molecule has 7 nitrogen and oxygen atoms in total. The number of hydrogen-bond acceptors (Lipinski definition) is 7. The molecule has 0 unspecified atom stereocenters. The predicted octanol–water partition coefficient (Wildman–Crippen LogP) is 3.93. The van der Waals surface area contributed by atoms with Crippen LogP contribution in [0.4, 0.5) is 0 Å². The van der Waals surface area contributed by atoms with Gasteiger partial charge >= 0.3 is 0 Å². The SMILES string of the molecule is Br.CCOc1cc2c(cc1OC)C(c1ccc(OC)nc1OC)=N[C@@H]1CC[C@@H](O)C[C@H]21. The second-order valence-corrected chi connectivity index (χ2v) is 7.55. The molecule has 3 atom stereocenters. The van der Waals surface area contributed by atoms with Gasteiger partial charge in [-0.15, -0.1) is 17.0 Å². The number of aromatic nitrogens is 1. The Morgan fingerprint density at radius 3 is 2.48 bits per heavy atom. The van der Waals surface area contributed by atoms with Crippen LogP contribution in [0.25, 0.3) is 0 Å².